The molecule has 1 heterocycles. The van der Waals surface area contributed by atoms with Gasteiger partial charge < -0.3 is 4.74 Å². The fourth-order valence-corrected chi connectivity index (χ4v) is 2.88. The van der Waals surface area contributed by atoms with Gasteiger partial charge in [0.15, 0.2) is 6.23 Å². The first-order valence-corrected chi connectivity index (χ1v) is 7.85. The maximum absolute atomic E-state index is 13.1. The van der Waals surface area contributed by atoms with Crippen LogP contribution in [0.3, 0.4) is 0 Å². The molecule has 144 valence electrons. The van der Waals surface area contributed by atoms with Crippen molar-refractivity contribution in [1.82, 2.24) is 0 Å². The van der Waals surface area contributed by atoms with E-state index in [0.29, 0.717) is 12.1 Å². The number of hydrogen-bond acceptors (Lipinski definition) is 2. The summed E-state index contributed by atoms with van der Waals surface area (Å²) in [4.78, 5) is 13.5. The minimum atomic E-state index is -5.03. The minimum absolute atomic E-state index is 0.00569. The van der Waals surface area contributed by atoms with Gasteiger partial charge in [0, 0.05) is 10.7 Å². The predicted octanol–water partition coefficient (Wildman–Crippen LogP) is 5.76. The Kier molecular flexibility index (Phi) is 4.54. The Labute approximate surface area is 154 Å². The van der Waals surface area contributed by atoms with Gasteiger partial charge in [-0.3, -0.25) is 9.69 Å². The zero-order valence-electron chi connectivity index (χ0n) is 13.5. The van der Waals surface area contributed by atoms with Gasteiger partial charge in [0.2, 0.25) is 0 Å². The fraction of sp³-hybridized carbons (Fsp3) is 0.235. The molecule has 1 aliphatic heterocycles. The first-order chi connectivity index (χ1) is 12.4. The van der Waals surface area contributed by atoms with E-state index in [4.69, 9.17) is 16.3 Å². The van der Waals surface area contributed by atoms with Crippen molar-refractivity contribution >= 4 is 23.2 Å². The molecule has 2 aromatic carbocycles. The molecule has 0 fully saturated rings. The second-order valence-corrected chi connectivity index (χ2v) is 6.23. The Bertz CT molecular complexity index is 877. The molecule has 0 saturated heterocycles. The molecule has 1 aliphatic rings. The third kappa shape index (κ3) is 3.69. The lowest BCUT2D eigenvalue weighted by molar-refractivity contribution is -0.143. The predicted molar refractivity (Wildman–Crippen MR) is 84.8 cm³/mol. The Balaban J connectivity index is 2.16. The van der Waals surface area contributed by atoms with Crippen LogP contribution in [-0.2, 0) is 12.4 Å². The van der Waals surface area contributed by atoms with Crippen LogP contribution in [0, 0.1) is 0 Å². The molecular weight excluding hydrogens is 400 g/mol. The molecule has 10 heteroatoms. The molecule has 27 heavy (non-hydrogen) atoms. The number of amides is 1. The monoisotopic (exact) mass is 409 g/mol. The van der Waals surface area contributed by atoms with E-state index in [2.05, 4.69) is 0 Å². The molecule has 1 unspecified atom stereocenters. The zero-order valence-corrected chi connectivity index (χ0v) is 14.2. The van der Waals surface area contributed by atoms with Crippen molar-refractivity contribution in [2.45, 2.75) is 25.5 Å². The van der Waals surface area contributed by atoms with Crippen molar-refractivity contribution in [2.75, 3.05) is 4.90 Å². The average molecular weight is 410 g/mol. The van der Waals surface area contributed by atoms with Gasteiger partial charge in [0.05, 0.1) is 16.7 Å². The first kappa shape index (κ1) is 19.3. The van der Waals surface area contributed by atoms with Crippen molar-refractivity contribution in [3.8, 4) is 5.75 Å². The number of fused-ring (bicyclic) bond motifs is 1. The summed E-state index contributed by atoms with van der Waals surface area (Å²) in [6.07, 6.45) is -11.2. The maximum atomic E-state index is 13.1. The molecule has 3 rings (SSSR count). The number of anilines is 1. The first-order valence-electron chi connectivity index (χ1n) is 7.47. The van der Waals surface area contributed by atoms with Crippen molar-refractivity contribution in [3.63, 3.8) is 0 Å². The van der Waals surface area contributed by atoms with Gasteiger partial charge in [-0.15, -0.1) is 0 Å². The Morgan fingerprint density at radius 2 is 1.52 bits per heavy atom. The third-order valence-electron chi connectivity index (χ3n) is 3.90. The second kappa shape index (κ2) is 6.33. The standard InChI is InChI=1S/C17H10ClF6NO2/c1-8-25(15(26)13-7-11(18)2-3-14(13)27-8)12-5-9(16(19,20)21)4-10(6-12)17(22,23)24/h2-8H,1H3. The molecule has 2 aromatic rings. The SMILES string of the molecule is CC1Oc2ccc(Cl)cc2C(=O)N1c1cc(C(F)(F)F)cc(C(F)(F)F)c1. The van der Waals surface area contributed by atoms with Crippen LogP contribution in [0.15, 0.2) is 36.4 Å². The summed E-state index contributed by atoms with van der Waals surface area (Å²) in [5.74, 6) is -0.685. The molecule has 0 bridgehead atoms. The Hall–Kier alpha value is -2.42. The summed E-state index contributed by atoms with van der Waals surface area (Å²) < 4.78 is 83.9. The molecule has 3 nitrogen and oxygen atoms in total. The van der Waals surface area contributed by atoms with Crippen LogP contribution in [0.4, 0.5) is 32.0 Å². The normalized spacial score (nSPS) is 17.6. The fourth-order valence-electron chi connectivity index (χ4n) is 2.71. The summed E-state index contributed by atoms with van der Waals surface area (Å²) in [6.45, 7) is 1.34. The lowest BCUT2D eigenvalue weighted by Crippen LogP contribution is -2.46. The number of alkyl halides is 6. The molecule has 0 N–H and O–H groups in total. The molecule has 1 atom stereocenters. The van der Waals surface area contributed by atoms with Gasteiger partial charge in [0.1, 0.15) is 5.75 Å². The number of rotatable bonds is 1. The number of carbonyl (C=O) groups excluding carboxylic acids is 1. The van der Waals surface area contributed by atoms with E-state index in [0.717, 1.165) is 4.90 Å². The Morgan fingerprint density at radius 1 is 0.963 bits per heavy atom. The molecule has 0 radical (unpaired) electrons. The zero-order chi connectivity index (χ0) is 20.1. The highest BCUT2D eigenvalue weighted by molar-refractivity contribution is 6.31. The van der Waals surface area contributed by atoms with Crippen molar-refractivity contribution < 1.29 is 35.9 Å². The lowest BCUT2D eigenvalue weighted by Gasteiger charge is -2.35. The summed E-state index contributed by atoms with van der Waals surface area (Å²) in [7, 11) is 0. The quantitative estimate of drug-likeness (QED) is 0.560. The van der Waals surface area contributed by atoms with Crippen LogP contribution in [0.1, 0.15) is 28.4 Å². The highest BCUT2D eigenvalue weighted by atomic mass is 35.5. The average Bonchev–Trinajstić information content (AvgIpc) is 2.54. The van der Waals surface area contributed by atoms with Crippen LogP contribution in [0.2, 0.25) is 5.02 Å². The number of benzene rings is 2. The van der Waals surface area contributed by atoms with Gasteiger partial charge in [-0.1, -0.05) is 11.6 Å². The van der Waals surface area contributed by atoms with Gasteiger partial charge in [-0.05, 0) is 43.3 Å². The van der Waals surface area contributed by atoms with E-state index in [-0.39, 0.29) is 22.4 Å². The highest BCUT2D eigenvalue weighted by Gasteiger charge is 2.40. The van der Waals surface area contributed by atoms with Gasteiger partial charge in [0.25, 0.3) is 5.91 Å². The van der Waals surface area contributed by atoms with E-state index in [1.165, 1.54) is 25.1 Å². The van der Waals surface area contributed by atoms with E-state index >= 15 is 0 Å². The minimum Gasteiger partial charge on any atom is -0.470 e. The largest absolute Gasteiger partial charge is 0.470 e. The number of carbonyl (C=O) groups is 1. The molecule has 0 saturated carbocycles. The van der Waals surface area contributed by atoms with Crippen LogP contribution >= 0.6 is 11.6 Å². The topological polar surface area (TPSA) is 29.5 Å². The summed E-state index contributed by atoms with van der Waals surface area (Å²) in [5.41, 5.74) is -3.69. The third-order valence-corrected chi connectivity index (χ3v) is 4.14. The Morgan fingerprint density at radius 3 is 2.04 bits per heavy atom. The van der Waals surface area contributed by atoms with Crippen molar-refractivity contribution in [1.29, 1.82) is 0 Å². The number of hydrogen-bond donors (Lipinski definition) is 0. The number of halogens is 7. The molecule has 0 aliphatic carbocycles. The van der Waals surface area contributed by atoms with E-state index in [1.54, 1.807) is 0 Å². The maximum Gasteiger partial charge on any atom is 0.416 e. The number of ether oxygens (including phenoxy) is 1. The van der Waals surface area contributed by atoms with Crippen LogP contribution in [0.5, 0.6) is 5.75 Å². The number of nitrogens with zero attached hydrogens (tertiary/aromatic N) is 1. The van der Waals surface area contributed by atoms with E-state index in [1.807, 2.05) is 0 Å². The smallest absolute Gasteiger partial charge is 0.416 e. The van der Waals surface area contributed by atoms with Crippen LogP contribution < -0.4 is 9.64 Å². The van der Waals surface area contributed by atoms with Gasteiger partial charge in [-0.25, -0.2) is 0 Å². The summed E-state index contributed by atoms with van der Waals surface area (Å²) >= 11 is 5.82. The molecule has 1 amide bonds. The van der Waals surface area contributed by atoms with Gasteiger partial charge in [-0.2, -0.15) is 26.3 Å². The summed E-state index contributed by atoms with van der Waals surface area (Å²) in [5, 5.41) is 0.167. The molecule has 0 aromatic heterocycles. The van der Waals surface area contributed by atoms with E-state index in [9.17, 15) is 31.1 Å². The van der Waals surface area contributed by atoms with Gasteiger partial charge >= 0.3 is 12.4 Å². The van der Waals surface area contributed by atoms with Crippen LogP contribution in [0.25, 0.3) is 0 Å². The van der Waals surface area contributed by atoms with E-state index < -0.39 is 41.3 Å². The molecule has 0 spiro atoms. The highest BCUT2D eigenvalue weighted by Crippen LogP contribution is 2.40. The molecular formula is C17H10ClF6NO2. The van der Waals surface area contributed by atoms with Crippen LogP contribution in [-0.4, -0.2) is 12.1 Å². The lowest BCUT2D eigenvalue weighted by atomic mass is 10.1. The van der Waals surface area contributed by atoms with Crippen molar-refractivity contribution in [3.05, 3.63) is 58.1 Å². The second-order valence-electron chi connectivity index (χ2n) is 5.80. The van der Waals surface area contributed by atoms with Crippen molar-refractivity contribution in [2.24, 2.45) is 0 Å². The summed E-state index contributed by atoms with van der Waals surface area (Å²) in [6, 6.07) is 5.02.